The van der Waals surface area contributed by atoms with Gasteiger partial charge in [0.25, 0.3) is 0 Å². The maximum absolute atomic E-state index is 10.7. The van der Waals surface area contributed by atoms with E-state index in [4.69, 9.17) is 9.84 Å². The van der Waals surface area contributed by atoms with Crippen LogP contribution in [0.5, 0.6) is 11.8 Å². The van der Waals surface area contributed by atoms with Gasteiger partial charge in [-0.3, -0.25) is 0 Å². The van der Waals surface area contributed by atoms with E-state index >= 15 is 0 Å². The van der Waals surface area contributed by atoms with Crippen LogP contribution in [0, 0.1) is 0 Å². The molecule has 0 bridgehead atoms. The van der Waals surface area contributed by atoms with Crippen molar-refractivity contribution in [2.75, 3.05) is 19.0 Å². The molecule has 0 aliphatic rings. The fourth-order valence-corrected chi connectivity index (χ4v) is 1.41. The summed E-state index contributed by atoms with van der Waals surface area (Å²) in [5.41, 5.74) is 1.01. The number of nitrogens with zero attached hydrogens (tertiary/aromatic N) is 3. The zero-order valence-corrected chi connectivity index (χ0v) is 10.6. The van der Waals surface area contributed by atoms with E-state index in [0.29, 0.717) is 5.75 Å². The summed E-state index contributed by atoms with van der Waals surface area (Å²) in [6.07, 6.45) is 2.42. The van der Waals surface area contributed by atoms with Crippen molar-refractivity contribution in [1.82, 2.24) is 9.97 Å². The maximum atomic E-state index is 10.7. The molecule has 0 unspecified atom stereocenters. The fourth-order valence-electron chi connectivity index (χ4n) is 1.41. The largest absolute Gasteiger partial charge is 0.478 e. The second-order valence-electron chi connectivity index (χ2n) is 4.05. The summed E-state index contributed by atoms with van der Waals surface area (Å²) < 4.78 is 5.46. The average molecular weight is 259 g/mol. The predicted octanol–water partition coefficient (Wildman–Crippen LogP) is 2.03. The van der Waals surface area contributed by atoms with Crippen LogP contribution in [0.4, 0.5) is 5.69 Å². The molecule has 0 radical (unpaired) electrons. The molecule has 0 atom stereocenters. The Bertz CT molecular complexity index is 582. The number of carboxylic acid groups (broad SMARTS) is 1. The lowest BCUT2D eigenvalue weighted by atomic mass is 10.3. The Kier molecular flexibility index (Phi) is 3.61. The summed E-state index contributed by atoms with van der Waals surface area (Å²) in [6, 6.07) is 7.54. The summed E-state index contributed by atoms with van der Waals surface area (Å²) in [5.74, 6) is -0.476. The Labute approximate surface area is 110 Å². The molecule has 2 rings (SSSR count). The smallest absolute Gasteiger partial charge is 0.338 e. The molecule has 0 aliphatic carbocycles. The Morgan fingerprint density at radius 3 is 2.53 bits per heavy atom. The molecule has 0 fully saturated rings. The van der Waals surface area contributed by atoms with Gasteiger partial charge in [0.05, 0.1) is 5.56 Å². The highest BCUT2D eigenvalue weighted by molar-refractivity contribution is 5.86. The van der Waals surface area contributed by atoms with E-state index in [-0.39, 0.29) is 11.6 Å². The molecule has 0 aliphatic heterocycles. The first-order valence-electron chi connectivity index (χ1n) is 5.57. The SMILES string of the molecule is CN(C)c1cccc(Oc2ncc(C(=O)O)cn2)c1. The molecule has 19 heavy (non-hydrogen) atoms. The molecule has 1 N–H and O–H groups in total. The maximum Gasteiger partial charge on any atom is 0.338 e. The number of benzene rings is 1. The molecule has 0 spiro atoms. The average Bonchev–Trinajstić information content (AvgIpc) is 2.39. The van der Waals surface area contributed by atoms with Gasteiger partial charge in [0, 0.05) is 38.2 Å². The number of carboxylic acids is 1. The number of anilines is 1. The van der Waals surface area contributed by atoms with E-state index in [9.17, 15) is 4.79 Å². The minimum atomic E-state index is -1.07. The quantitative estimate of drug-likeness (QED) is 0.905. The summed E-state index contributed by atoms with van der Waals surface area (Å²) in [6.45, 7) is 0. The number of aromatic nitrogens is 2. The van der Waals surface area contributed by atoms with Crippen molar-refractivity contribution in [3.05, 3.63) is 42.2 Å². The lowest BCUT2D eigenvalue weighted by Gasteiger charge is -2.13. The standard InChI is InChI=1S/C13H13N3O3/c1-16(2)10-4-3-5-11(6-10)19-13-14-7-9(8-15-13)12(17)18/h3-8H,1-2H3,(H,17,18). The Hall–Kier alpha value is -2.63. The van der Waals surface area contributed by atoms with Gasteiger partial charge in [0.1, 0.15) is 5.75 Å². The number of hydrogen-bond donors (Lipinski definition) is 1. The molecule has 0 amide bonds. The highest BCUT2D eigenvalue weighted by Gasteiger charge is 2.06. The summed E-state index contributed by atoms with van der Waals surface area (Å²) in [5, 5.41) is 8.74. The predicted molar refractivity (Wildman–Crippen MR) is 69.8 cm³/mol. The van der Waals surface area contributed by atoms with Crippen LogP contribution in [0.3, 0.4) is 0 Å². The van der Waals surface area contributed by atoms with Crippen molar-refractivity contribution in [2.45, 2.75) is 0 Å². The van der Waals surface area contributed by atoms with Gasteiger partial charge in [-0.15, -0.1) is 0 Å². The van der Waals surface area contributed by atoms with Gasteiger partial charge in [-0.05, 0) is 12.1 Å². The third-order valence-electron chi connectivity index (χ3n) is 2.42. The minimum Gasteiger partial charge on any atom is -0.478 e. The zero-order valence-electron chi connectivity index (χ0n) is 10.6. The van der Waals surface area contributed by atoms with Crippen LogP contribution in [-0.2, 0) is 0 Å². The third kappa shape index (κ3) is 3.19. The number of carbonyl (C=O) groups is 1. The van der Waals surface area contributed by atoms with E-state index in [2.05, 4.69) is 9.97 Å². The van der Waals surface area contributed by atoms with Gasteiger partial charge in [-0.2, -0.15) is 0 Å². The number of aromatic carboxylic acids is 1. The molecule has 0 saturated carbocycles. The summed E-state index contributed by atoms with van der Waals surface area (Å²) in [7, 11) is 3.86. The van der Waals surface area contributed by atoms with Crippen LogP contribution in [0.1, 0.15) is 10.4 Å². The second-order valence-corrected chi connectivity index (χ2v) is 4.05. The lowest BCUT2D eigenvalue weighted by molar-refractivity contribution is 0.0696. The summed E-state index contributed by atoms with van der Waals surface area (Å²) >= 11 is 0. The zero-order chi connectivity index (χ0) is 13.8. The lowest BCUT2D eigenvalue weighted by Crippen LogP contribution is -2.08. The van der Waals surface area contributed by atoms with Gasteiger partial charge in [0.15, 0.2) is 0 Å². The van der Waals surface area contributed by atoms with Gasteiger partial charge >= 0.3 is 12.0 Å². The molecular weight excluding hydrogens is 246 g/mol. The molecule has 2 aromatic rings. The fraction of sp³-hybridized carbons (Fsp3) is 0.154. The van der Waals surface area contributed by atoms with Crippen molar-refractivity contribution in [3.63, 3.8) is 0 Å². The topological polar surface area (TPSA) is 75.5 Å². The van der Waals surface area contributed by atoms with Gasteiger partial charge in [-0.25, -0.2) is 14.8 Å². The first kappa shape index (κ1) is 12.8. The van der Waals surface area contributed by atoms with Gasteiger partial charge in [0.2, 0.25) is 0 Å². The van der Waals surface area contributed by atoms with Crippen molar-refractivity contribution in [1.29, 1.82) is 0 Å². The summed E-state index contributed by atoms with van der Waals surface area (Å²) in [4.78, 5) is 20.3. The van der Waals surface area contributed by atoms with E-state index < -0.39 is 5.97 Å². The highest BCUT2D eigenvalue weighted by Crippen LogP contribution is 2.22. The van der Waals surface area contributed by atoms with E-state index in [1.54, 1.807) is 6.07 Å². The van der Waals surface area contributed by atoms with Crippen LogP contribution in [0.25, 0.3) is 0 Å². The van der Waals surface area contributed by atoms with Crippen LogP contribution >= 0.6 is 0 Å². The Morgan fingerprint density at radius 2 is 1.95 bits per heavy atom. The Morgan fingerprint density at radius 1 is 1.26 bits per heavy atom. The number of ether oxygens (including phenoxy) is 1. The monoisotopic (exact) mass is 259 g/mol. The Balaban J connectivity index is 2.16. The van der Waals surface area contributed by atoms with Crippen molar-refractivity contribution >= 4 is 11.7 Å². The van der Waals surface area contributed by atoms with Gasteiger partial charge in [-0.1, -0.05) is 6.07 Å². The number of rotatable bonds is 4. The highest BCUT2D eigenvalue weighted by atomic mass is 16.5. The number of hydrogen-bond acceptors (Lipinski definition) is 5. The molecule has 1 aromatic carbocycles. The molecule has 1 aromatic heterocycles. The second kappa shape index (κ2) is 5.34. The third-order valence-corrected chi connectivity index (χ3v) is 2.42. The normalized spacial score (nSPS) is 10.0. The van der Waals surface area contributed by atoms with Crippen molar-refractivity contribution < 1.29 is 14.6 Å². The van der Waals surface area contributed by atoms with E-state index in [1.807, 2.05) is 37.2 Å². The van der Waals surface area contributed by atoms with Crippen LogP contribution in [0.2, 0.25) is 0 Å². The van der Waals surface area contributed by atoms with Crippen LogP contribution in [0.15, 0.2) is 36.7 Å². The van der Waals surface area contributed by atoms with Gasteiger partial charge < -0.3 is 14.7 Å². The molecule has 0 saturated heterocycles. The first-order chi connectivity index (χ1) is 9.06. The molecule has 98 valence electrons. The first-order valence-corrected chi connectivity index (χ1v) is 5.57. The minimum absolute atomic E-state index is 0.0226. The van der Waals surface area contributed by atoms with Crippen LogP contribution in [-0.4, -0.2) is 35.1 Å². The van der Waals surface area contributed by atoms with Crippen molar-refractivity contribution in [2.24, 2.45) is 0 Å². The van der Waals surface area contributed by atoms with Crippen molar-refractivity contribution in [3.8, 4) is 11.8 Å². The molecule has 6 heteroatoms. The van der Waals surface area contributed by atoms with Crippen LogP contribution < -0.4 is 9.64 Å². The molecule has 1 heterocycles. The van der Waals surface area contributed by atoms with E-state index in [0.717, 1.165) is 5.69 Å². The van der Waals surface area contributed by atoms with E-state index in [1.165, 1.54) is 12.4 Å². The molecular formula is C13H13N3O3. The molecule has 6 nitrogen and oxygen atoms in total.